The maximum Gasteiger partial charge on any atom is 0.0284 e. The second-order valence-corrected chi connectivity index (χ2v) is 4.19. The Kier molecular flexibility index (Phi) is 2.85. The van der Waals surface area contributed by atoms with Crippen molar-refractivity contribution >= 4 is 0 Å². The van der Waals surface area contributed by atoms with Crippen LogP contribution in [0.3, 0.4) is 0 Å². The highest BCUT2D eigenvalue weighted by molar-refractivity contribution is 5.17. The molecule has 0 saturated carbocycles. The van der Waals surface area contributed by atoms with E-state index >= 15 is 0 Å². The molecule has 0 bridgehead atoms. The fourth-order valence-corrected chi connectivity index (χ4v) is 2.20. The zero-order valence-electron chi connectivity index (χ0n) is 8.69. The lowest BCUT2D eigenvalue weighted by Crippen LogP contribution is -2.38. The van der Waals surface area contributed by atoms with Crippen LogP contribution >= 0.6 is 0 Å². The molecule has 1 heterocycles. The van der Waals surface area contributed by atoms with Crippen LogP contribution in [0.5, 0.6) is 0 Å². The van der Waals surface area contributed by atoms with Crippen LogP contribution in [-0.4, -0.2) is 30.6 Å². The third-order valence-electron chi connectivity index (χ3n) is 3.16. The molecule has 2 atom stereocenters. The first-order chi connectivity index (χ1) is 6.77. The fourth-order valence-electron chi connectivity index (χ4n) is 2.20. The number of hydrogen-bond acceptors (Lipinski definition) is 2. The Morgan fingerprint density at radius 3 is 2.64 bits per heavy atom. The van der Waals surface area contributed by atoms with Crippen molar-refractivity contribution in [2.24, 2.45) is 5.73 Å². The van der Waals surface area contributed by atoms with Crippen LogP contribution in [0.4, 0.5) is 0 Å². The number of likely N-dealkylation sites (tertiary alicyclic amines) is 1. The lowest BCUT2D eigenvalue weighted by atomic mass is 10.0. The monoisotopic (exact) mass is 190 g/mol. The molecule has 14 heavy (non-hydrogen) atoms. The van der Waals surface area contributed by atoms with Crippen molar-refractivity contribution < 1.29 is 0 Å². The lowest BCUT2D eigenvalue weighted by molar-refractivity contribution is 0.296. The molecule has 76 valence electrons. The van der Waals surface area contributed by atoms with Gasteiger partial charge in [0.15, 0.2) is 0 Å². The molecule has 0 amide bonds. The molecule has 1 aliphatic heterocycles. The third kappa shape index (κ3) is 1.97. The first-order valence-electron chi connectivity index (χ1n) is 5.27. The molecule has 0 aromatic heterocycles. The van der Waals surface area contributed by atoms with Crippen LogP contribution < -0.4 is 5.73 Å². The number of likely N-dealkylation sites (N-methyl/N-ethyl adjacent to an activating group) is 1. The summed E-state index contributed by atoms with van der Waals surface area (Å²) >= 11 is 0. The van der Waals surface area contributed by atoms with Crippen LogP contribution in [0.1, 0.15) is 12.0 Å². The normalized spacial score (nSPS) is 28.1. The van der Waals surface area contributed by atoms with E-state index in [1.807, 2.05) is 0 Å². The van der Waals surface area contributed by atoms with Crippen LogP contribution in [0.15, 0.2) is 30.3 Å². The summed E-state index contributed by atoms with van der Waals surface area (Å²) in [6, 6.07) is 11.5. The van der Waals surface area contributed by atoms with Crippen molar-refractivity contribution in [2.75, 3.05) is 13.6 Å². The SMILES string of the molecule is CN1CCC(N)[C@@H]1Cc1ccccc1. The summed E-state index contributed by atoms with van der Waals surface area (Å²) in [4.78, 5) is 2.37. The summed E-state index contributed by atoms with van der Waals surface area (Å²) in [5.41, 5.74) is 7.47. The summed E-state index contributed by atoms with van der Waals surface area (Å²) in [5.74, 6) is 0. The fraction of sp³-hybridized carbons (Fsp3) is 0.500. The van der Waals surface area contributed by atoms with Gasteiger partial charge in [0.05, 0.1) is 0 Å². The van der Waals surface area contributed by atoms with Crippen molar-refractivity contribution in [1.29, 1.82) is 0 Å². The molecule has 2 N–H and O–H groups in total. The van der Waals surface area contributed by atoms with Gasteiger partial charge in [-0.15, -0.1) is 0 Å². The average molecular weight is 190 g/mol. The van der Waals surface area contributed by atoms with E-state index in [2.05, 4.69) is 42.3 Å². The minimum absolute atomic E-state index is 0.347. The first-order valence-corrected chi connectivity index (χ1v) is 5.27. The molecule has 1 aliphatic rings. The van der Waals surface area contributed by atoms with Gasteiger partial charge < -0.3 is 10.6 Å². The van der Waals surface area contributed by atoms with Gasteiger partial charge in [0, 0.05) is 12.1 Å². The van der Waals surface area contributed by atoms with Gasteiger partial charge in [-0.1, -0.05) is 30.3 Å². The number of nitrogens with zero attached hydrogens (tertiary/aromatic N) is 1. The van der Waals surface area contributed by atoms with Gasteiger partial charge >= 0.3 is 0 Å². The van der Waals surface area contributed by atoms with E-state index in [4.69, 9.17) is 5.73 Å². The quantitative estimate of drug-likeness (QED) is 0.760. The molecule has 0 spiro atoms. The lowest BCUT2D eigenvalue weighted by Gasteiger charge is -2.22. The van der Waals surface area contributed by atoms with E-state index in [0.717, 1.165) is 19.4 Å². The van der Waals surface area contributed by atoms with Crippen molar-refractivity contribution in [2.45, 2.75) is 24.9 Å². The maximum atomic E-state index is 6.08. The number of rotatable bonds is 2. The van der Waals surface area contributed by atoms with E-state index in [1.54, 1.807) is 0 Å². The van der Waals surface area contributed by atoms with Crippen molar-refractivity contribution in [3.63, 3.8) is 0 Å². The van der Waals surface area contributed by atoms with Gasteiger partial charge in [0.25, 0.3) is 0 Å². The predicted octanol–water partition coefficient (Wildman–Crippen LogP) is 1.26. The summed E-state index contributed by atoms with van der Waals surface area (Å²) in [6.45, 7) is 1.14. The largest absolute Gasteiger partial charge is 0.326 e. The van der Waals surface area contributed by atoms with E-state index in [-0.39, 0.29) is 0 Å². The van der Waals surface area contributed by atoms with Gasteiger partial charge in [0.2, 0.25) is 0 Å². The molecule has 1 aromatic rings. The Hall–Kier alpha value is -0.860. The molecule has 0 radical (unpaired) electrons. The van der Waals surface area contributed by atoms with Gasteiger partial charge in [0.1, 0.15) is 0 Å². The summed E-state index contributed by atoms with van der Waals surface area (Å²) < 4.78 is 0. The van der Waals surface area contributed by atoms with Crippen LogP contribution in [-0.2, 0) is 6.42 Å². The van der Waals surface area contributed by atoms with Gasteiger partial charge in [-0.25, -0.2) is 0 Å². The zero-order valence-corrected chi connectivity index (χ0v) is 8.69. The summed E-state index contributed by atoms with van der Waals surface area (Å²) in [5, 5.41) is 0. The van der Waals surface area contributed by atoms with Crippen LogP contribution in [0.25, 0.3) is 0 Å². The Bertz CT molecular complexity index is 274. The minimum Gasteiger partial charge on any atom is -0.326 e. The number of hydrogen-bond donors (Lipinski definition) is 1. The second-order valence-electron chi connectivity index (χ2n) is 4.19. The number of benzene rings is 1. The summed E-state index contributed by atoms with van der Waals surface area (Å²) in [6.07, 6.45) is 2.21. The van der Waals surface area contributed by atoms with E-state index in [0.29, 0.717) is 12.1 Å². The van der Waals surface area contributed by atoms with Crippen molar-refractivity contribution in [3.8, 4) is 0 Å². The Morgan fingerprint density at radius 2 is 2.07 bits per heavy atom. The molecule has 2 nitrogen and oxygen atoms in total. The van der Waals surface area contributed by atoms with Gasteiger partial charge in [-0.05, 0) is 32.0 Å². The molecule has 1 unspecified atom stereocenters. The molecule has 1 aromatic carbocycles. The van der Waals surface area contributed by atoms with Crippen LogP contribution in [0.2, 0.25) is 0 Å². The van der Waals surface area contributed by atoms with E-state index in [1.165, 1.54) is 5.56 Å². The van der Waals surface area contributed by atoms with Crippen molar-refractivity contribution in [3.05, 3.63) is 35.9 Å². The molecular weight excluding hydrogens is 172 g/mol. The molecule has 2 rings (SSSR count). The van der Waals surface area contributed by atoms with E-state index < -0.39 is 0 Å². The minimum atomic E-state index is 0.347. The van der Waals surface area contributed by atoms with Crippen LogP contribution in [0, 0.1) is 0 Å². The Balaban J connectivity index is 2.04. The van der Waals surface area contributed by atoms with Crippen molar-refractivity contribution in [1.82, 2.24) is 4.90 Å². The van der Waals surface area contributed by atoms with Gasteiger partial charge in [-0.2, -0.15) is 0 Å². The molecule has 1 saturated heterocycles. The molecule has 1 fully saturated rings. The average Bonchev–Trinajstić information content (AvgIpc) is 2.51. The first kappa shape index (κ1) is 9.69. The zero-order chi connectivity index (χ0) is 9.97. The Labute approximate surface area is 85.7 Å². The van der Waals surface area contributed by atoms with E-state index in [9.17, 15) is 0 Å². The highest BCUT2D eigenvalue weighted by atomic mass is 15.2. The second kappa shape index (κ2) is 4.11. The summed E-state index contributed by atoms with van der Waals surface area (Å²) in [7, 11) is 2.17. The highest BCUT2D eigenvalue weighted by Crippen LogP contribution is 2.18. The molecule has 0 aliphatic carbocycles. The molecule has 2 heteroatoms. The highest BCUT2D eigenvalue weighted by Gasteiger charge is 2.28. The maximum absolute atomic E-state index is 6.08. The number of nitrogens with two attached hydrogens (primary N) is 1. The standard InChI is InChI=1S/C12H18N2/c1-14-8-7-11(13)12(14)9-10-5-3-2-4-6-10/h2-6,11-12H,7-9,13H2,1H3/t11?,12-/m0/s1. The molecular formula is C12H18N2. The topological polar surface area (TPSA) is 29.3 Å². The third-order valence-corrected chi connectivity index (χ3v) is 3.16. The Morgan fingerprint density at radius 1 is 1.36 bits per heavy atom. The smallest absolute Gasteiger partial charge is 0.0284 e. The van der Waals surface area contributed by atoms with Gasteiger partial charge in [-0.3, -0.25) is 0 Å². The predicted molar refractivity (Wildman–Crippen MR) is 59.2 cm³/mol.